The first-order chi connectivity index (χ1) is 11.7. The molecule has 0 spiro atoms. The predicted octanol–water partition coefficient (Wildman–Crippen LogP) is 2.48. The Hall–Kier alpha value is -3.21. The van der Waals surface area contributed by atoms with Crippen LogP contribution in [0.25, 0.3) is 0 Å². The zero-order chi connectivity index (χ0) is 18.7. The molecular weight excluding hydrogens is 324 g/mol. The summed E-state index contributed by atoms with van der Waals surface area (Å²) in [5.41, 5.74) is 0.902. The van der Waals surface area contributed by atoms with Crippen LogP contribution in [0.5, 0.6) is 5.75 Å². The molecule has 0 aliphatic rings. The van der Waals surface area contributed by atoms with Gasteiger partial charge in [0, 0.05) is 17.7 Å². The maximum Gasteiger partial charge on any atom is 0.285 e. The molecule has 0 aliphatic carbocycles. The number of nitro benzene ring substituents is 1. The molecular formula is C17H18N4O4. The molecule has 1 aromatic heterocycles. The predicted molar refractivity (Wildman–Crippen MR) is 90.6 cm³/mol. The van der Waals surface area contributed by atoms with Crippen molar-refractivity contribution < 1.29 is 9.66 Å². The van der Waals surface area contributed by atoms with Crippen LogP contribution in [-0.4, -0.2) is 20.8 Å². The summed E-state index contributed by atoms with van der Waals surface area (Å²) in [7, 11) is 0. The lowest BCUT2D eigenvalue weighted by Gasteiger charge is -2.15. The van der Waals surface area contributed by atoms with Gasteiger partial charge in [-0.25, -0.2) is 4.68 Å². The number of hydrogen-bond donors (Lipinski definition) is 0. The molecule has 0 atom stereocenters. The molecule has 0 saturated heterocycles. The molecule has 0 unspecified atom stereocenters. The number of aryl methyl sites for hydroxylation is 1. The molecule has 0 fully saturated rings. The van der Waals surface area contributed by atoms with Gasteiger partial charge < -0.3 is 4.74 Å². The number of aromatic nitrogens is 2. The number of non-ortho nitro benzene ring substituents is 1. The van der Waals surface area contributed by atoms with Crippen LogP contribution in [0.3, 0.4) is 0 Å². The molecule has 130 valence electrons. The van der Waals surface area contributed by atoms with E-state index in [2.05, 4.69) is 5.10 Å². The number of rotatable bonds is 5. The van der Waals surface area contributed by atoms with Gasteiger partial charge in [-0.15, -0.1) is 0 Å². The van der Waals surface area contributed by atoms with Crippen molar-refractivity contribution in [3.63, 3.8) is 0 Å². The average molecular weight is 342 g/mol. The van der Waals surface area contributed by atoms with Gasteiger partial charge in [-0.2, -0.15) is 10.4 Å². The van der Waals surface area contributed by atoms with Crippen molar-refractivity contribution >= 4 is 5.69 Å². The highest BCUT2D eigenvalue weighted by Gasteiger charge is 2.17. The minimum Gasteiger partial charge on any atom is -0.491 e. The summed E-state index contributed by atoms with van der Waals surface area (Å²) < 4.78 is 6.80. The minimum absolute atomic E-state index is 0.0178. The number of benzene rings is 1. The van der Waals surface area contributed by atoms with Crippen LogP contribution in [0.1, 0.15) is 36.2 Å². The van der Waals surface area contributed by atoms with Crippen molar-refractivity contribution in [3.8, 4) is 11.8 Å². The highest BCUT2D eigenvalue weighted by molar-refractivity contribution is 5.44. The Kier molecular flexibility index (Phi) is 5.17. The van der Waals surface area contributed by atoms with Crippen molar-refractivity contribution in [1.29, 1.82) is 5.26 Å². The molecule has 1 heterocycles. The molecule has 0 amide bonds. The van der Waals surface area contributed by atoms with Crippen LogP contribution >= 0.6 is 0 Å². The summed E-state index contributed by atoms with van der Waals surface area (Å²) in [6.45, 7) is 7.00. The first-order valence-corrected chi connectivity index (χ1v) is 7.67. The topological polar surface area (TPSA) is 111 Å². The molecule has 0 radical (unpaired) electrons. The standard InChI is InChI=1S/C17H18N4O4/c1-10(2)25-16-6-5-14(21(23)24)7-13(16)9-20-17(22)15(8-18)11(3)12(4)19-20/h5-7,10H,9H2,1-4H3. The summed E-state index contributed by atoms with van der Waals surface area (Å²) >= 11 is 0. The molecule has 8 nitrogen and oxygen atoms in total. The molecule has 1 aromatic carbocycles. The Morgan fingerprint density at radius 3 is 2.64 bits per heavy atom. The van der Waals surface area contributed by atoms with Crippen LogP contribution in [0.2, 0.25) is 0 Å². The fourth-order valence-corrected chi connectivity index (χ4v) is 2.34. The van der Waals surface area contributed by atoms with E-state index in [1.165, 1.54) is 18.2 Å². The summed E-state index contributed by atoms with van der Waals surface area (Å²) in [6.07, 6.45) is -0.140. The zero-order valence-corrected chi connectivity index (χ0v) is 14.4. The molecule has 2 aromatic rings. The van der Waals surface area contributed by atoms with Gasteiger partial charge in [0.25, 0.3) is 11.2 Å². The summed E-state index contributed by atoms with van der Waals surface area (Å²) in [6, 6.07) is 6.10. The van der Waals surface area contributed by atoms with Gasteiger partial charge in [0.05, 0.1) is 23.3 Å². The van der Waals surface area contributed by atoms with E-state index in [4.69, 9.17) is 4.74 Å². The first kappa shape index (κ1) is 18.1. The lowest BCUT2D eigenvalue weighted by molar-refractivity contribution is -0.384. The first-order valence-electron chi connectivity index (χ1n) is 7.67. The Morgan fingerprint density at radius 1 is 1.40 bits per heavy atom. The summed E-state index contributed by atoms with van der Waals surface area (Å²) in [4.78, 5) is 23.0. The van der Waals surface area contributed by atoms with E-state index in [0.29, 0.717) is 22.6 Å². The van der Waals surface area contributed by atoms with Crippen molar-refractivity contribution in [2.24, 2.45) is 0 Å². The highest BCUT2D eigenvalue weighted by atomic mass is 16.6. The van der Waals surface area contributed by atoms with Crippen molar-refractivity contribution in [3.05, 3.63) is 61.1 Å². The van der Waals surface area contributed by atoms with Crippen LogP contribution in [0.4, 0.5) is 5.69 Å². The van der Waals surface area contributed by atoms with Gasteiger partial charge in [-0.3, -0.25) is 14.9 Å². The Labute approximate surface area is 144 Å². The number of ether oxygens (including phenoxy) is 1. The summed E-state index contributed by atoms with van der Waals surface area (Å²) in [5.74, 6) is 0.436. The normalized spacial score (nSPS) is 10.6. The van der Waals surface area contributed by atoms with E-state index < -0.39 is 10.5 Å². The largest absolute Gasteiger partial charge is 0.491 e. The van der Waals surface area contributed by atoms with Gasteiger partial charge in [0.1, 0.15) is 17.4 Å². The smallest absolute Gasteiger partial charge is 0.285 e. The van der Waals surface area contributed by atoms with Crippen molar-refractivity contribution in [1.82, 2.24) is 9.78 Å². The lowest BCUT2D eigenvalue weighted by Crippen LogP contribution is -2.28. The van der Waals surface area contributed by atoms with Crippen LogP contribution in [0, 0.1) is 35.3 Å². The second-order valence-corrected chi connectivity index (χ2v) is 5.88. The second kappa shape index (κ2) is 7.13. The Balaban J connectivity index is 2.58. The van der Waals surface area contributed by atoms with Gasteiger partial charge >= 0.3 is 0 Å². The zero-order valence-electron chi connectivity index (χ0n) is 14.4. The Bertz CT molecular complexity index is 925. The molecule has 0 saturated carbocycles. The molecule has 25 heavy (non-hydrogen) atoms. The number of hydrogen-bond acceptors (Lipinski definition) is 6. The monoisotopic (exact) mass is 342 g/mol. The maximum absolute atomic E-state index is 12.4. The molecule has 0 bridgehead atoms. The lowest BCUT2D eigenvalue weighted by atomic mass is 10.1. The SMILES string of the molecule is Cc1nn(Cc2cc([N+](=O)[O-])ccc2OC(C)C)c(=O)c(C#N)c1C. The van der Waals surface area contributed by atoms with E-state index in [1.807, 2.05) is 19.9 Å². The highest BCUT2D eigenvalue weighted by Crippen LogP contribution is 2.25. The molecule has 0 aliphatic heterocycles. The van der Waals surface area contributed by atoms with Crippen molar-refractivity contribution in [2.75, 3.05) is 0 Å². The maximum atomic E-state index is 12.4. The van der Waals surface area contributed by atoms with Gasteiger partial charge in [-0.05, 0) is 39.3 Å². The third kappa shape index (κ3) is 3.83. The molecule has 2 rings (SSSR count). The van der Waals surface area contributed by atoms with E-state index in [-0.39, 0.29) is 23.9 Å². The van der Waals surface area contributed by atoms with Crippen LogP contribution in [-0.2, 0) is 6.54 Å². The average Bonchev–Trinajstić information content (AvgIpc) is 2.54. The minimum atomic E-state index is -0.535. The summed E-state index contributed by atoms with van der Waals surface area (Å²) in [5, 5.41) is 24.4. The third-order valence-corrected chi connectivity index (χ3v) is 3.69. The Morgan fingerprint density at radius 2 is 2.08 bits per heavy atom. The number of nitro groups is 1. The second-order valence-electron chi connectivity index (χ2n) is 5.88. The number of nitrogens with zero attached hydrogens (tertiary/aromatic N) is 4. The van der Waals surface area contributed by atoms with E-state index >= 15 is 0 Å². The van der Waals surface area contributed by atoms with E-state index in [1.54, 1.807) is 13.8 Å². The fourth-order valence-electron chi connectivity index (χ4n) is 2.34. The number of nitriles is 1. The van der Waals surface area contributed by atoms with Crippen LogP contribution in [0.15, 0.2) is 23.0 Å². The fraction of sp³-hybridized carbons (Fsp3) is 0.353. The van der Waals surface area contributed by atoms with Crippen molar-refractivity contribution in [2.45, 2.75) is 40.3 Å². The van der Waals surface area contributed by atoms with E-state index in [0.717, 1.165) is 4.68 Å². The van der Waals surface area contributed by atoms with E-state index in [9.17, 15) is 20.2 Å². The van der Waals surface area contributed by atoms with Gasteiger partial charge in [-0.1, -0.05) is 0 Å². The molecule has 0 N–H and O–H groups in total. The molecule has 8 heteroatoms. The third-order valence-electron chi connectivity index (χ3n) is 3.69. The quantitative estimate of drug-likeness (QED) is 0.609. The van der Waals surface area contributed by atoms with Crippen LogP contribution < -0.4 is 10.3 Å². The van der Waals surface area contributed by atoms with Gasteiger partial charge in [0.15, 0.2) is 0 Å². The van der Waals surface area contributed by atoms with Gasteiger partial charge in [0.2, 0.25) is 0 Å².